The summed E-state index contributed by atoms with van der Waals surface area (Å²) >= 11 is 0. The molecule has 0 saturated heterocycles. The number of aromatic nitrogens is 2. The number of imidazole rings is 1. The Bertz CT molecular complexity index is 743. The van der Waals surface area contributed by atoms with Crippen LogP contribution in [0.15, 0.2) is 23.4 Å². The number of hydrogen-bond acceptors (Lipinski definition) is 3. The maximum Gasteiger partial charge on any atom is 0.279 e. The maximum atomic E-state index is 13.4. The highest BCUT2D eigenvalue weighted by atomic mass is 32.2. The Morgan fingerprint density at radius 2 is 2.00 bits per heavy atom. The van der Waals surface area contributed by atoms with Crippen molar-refractivity contribution >= 4 is 15.7 Å². The zero-order chi connectivity index (χ0) is 14.9. The second-order valence-corrected chi connectivity index (χ2v) is 5.55. The first-order chi connectivity index (χ1) is 9.33. The number of nitrogens with one attached hydrogen (secondary N) is 2. The molecule has 0 aliphatic rings. The number of hydrogen-bond donors (Lipinski definition) is 2. The predicted octanol–water partition coefficient (Wildman–Crippen LogP) is 2.19. The smallest absolute Gasteiger partial charge is 0.279 e. The van der Waals surface area contributed by atoms with Crippen LogP contribution in [0.2, 0.25) is 0 Å². The molecule has 0 fully saturated rings. The molecule has 2 aromatic rings. The van der Waals surface area contributed by atoms with E-state index in [2.05, 4.69) is 9.97 Å². The standard InChI is InChI=1S/C11H10F3N3O2S/c1-2-9-15-5-10(16-9)20(18,19)17-8-4-6(12)3-7(13)11(8)14/h3-5,17H,2H2,1H3,(H,15,16). The number of halogens is 3. The van der Waals surface area contributed by atoms with Gasteiger partial charge in [0.1, 0.15) is 11.6 Å². The van der Waals surface area contributed by atoms with E-state index in [9.17, 15) is 21.6 Å². The van der Waals surface area contributed by atoms with Gasteiger partial charge in [-0.25, -0.2) is 18.2 Å². The van der Waals surface area contributed by atoms with Crippen LogP contribution in [0.25, 0.3) is 0 Å². The first kappa shape index (κ1) is 14.4. The van der Waals surface area contributed by atoms with E-state index in [1.807, 2.05) is 0 Å². The van der Waals surface area contributed by atoms with Gasteiger partial charge in [0.25, 0.3) is 10.0 Å². The lowest BCUT2D eigenvalue weighted by Crippen LogP contribution is -2.15. The minimum absolute atomic E-state index is 0.318. The Kier molecular flexibility index (Phi) is 3.71. The fourth-order valence-corrected chi connectivity index (χ4v) is 2.48. The van der Waals surface area contributed by atoms with Crippen LogP contribution in [0.1, 0.15) is 12.7 Å². The second kappa shape index (κ2) is 5.16. The van der Waals surface area contributed by atoms with Crippen molar-refractivity contribution in [2.24, 2.45) is 0 Å². The van der Waals surface area contributed by atoms with E-state index in [1.54, 1.807) is 11.6 Å². The van der Waals surface area contributed by atoms with Crippen molar-refractivity contribution in [3.05, 3.63) is 41.6 Å². The van der Waals surface area contributed by atoms with E-state index in [0.717, 1.165) is 6.20 Å². The summed E-state index contributed by atoms with van der Waals surface area (Å²) in [5, 5.41) is -0.321. The summed E-state index contributed by atoms with van der Waals surface area (Å²) in [4.78, 5) is 6.28. The Morgan fingerprint density at radius 1 is 1.30 bits per heavy atom. The lowest BCUT2D eigenvalue weighted by atomic mass is 10.3. The van der Waals surface area contributed by atoms with Crippen LogP contribution in [-0.4, -0.2) is 18.4 Å². The molecule has 1 aromatic carbocycles. The average Bonchev–Trinajstić information content (AvgIpc) is 2.84. The van der Waals surface area contributed by atoms with Gasteiger partial charge in [-0.1, -0.05) is 6.92 Å². The first-order valence-corrected chi connectivity index (χ1v) is 7.03. The first-order valence-electron chi connectivity index (χ1n) is 5.54. The summed E-state index contributed by atoms with van der Waals surface area (Å²) in [5.74, 6) is -3.65. The van der Waals surface area contributed by atoms with Gasteiger partial charge in [-0.3, -0.25) is 4.72 Å². The zero-order valence-corrected chi connectivity index (χ0v) is 11.1. The third-order valence-electron chi connectivity index (χ3n) is 2.47. The molecule has 5 nitrogen and oxygen atoms in total. The SMILES string of the molecule is CCc1ncc(S(=O)(=O)Nc2cc(F)cc(F)c2F)[nH]1. The van der Waals surface area contributed by atoms with E-state index in [4.69, 9.17) is 0 Å². The number of aryl methyl sites for hydroxylation is 1. The molecule has 20 heavy (non-hydrogen) atoms. The summed E-state index contributed by atoms with van der Waals surface area (Å²) < 4.78 is 65.0. The van der Waals surface area contributed by atoms with Gasteiger partial charge < -0.3 is 4.98 Å². The van der Waals surface area contributed by atoms with Gasteiger partial charge in [0, 0.05) is 18.6 Å². The van der Waals surface area contributed by atoms with Gasteiger partial charge >= 0.3 is 0 Å². The van der Waals surface area contributed by atoms with E-state index in [1.165, 1.54) is 0 Å². The molecule has 108 valence electrons. The fraction of sp³-hybridized carbons (Fsp3) is 0.182. The number of sulfonamides is 1. The second-order valence-electron chi connectivity index (χ2n) is 3.90. The van der Waals surface area contributed by atoms with Crippen LogP contribution in [0, 0.1) is 17.5 Å². The molecule has 0 aliphatic carbocycles. The van der Waals surface area contributed by atoms with E-state index in [0.29, 0.717) is 24.4 Å². The molecular formula is C11H10F3N3O2S. The van der Waals surface area contributed by atoms with Crippen molar-refractivity contribution in [1.82, 2.24) is 9.97 Å². The summed E-state index contributed by atoms with van der Waals surface area (Å²) in [6.45, 7) is 1.75. The Labute approximate surface area is 112 Å². The average molecular weight is 305 g/mol. The van der Waals surface area contributed by atoms with Gasteiger partial charge in [0.2, 0.25) is 0 Å². The van der Waals surface area contributed by atoms with Crippen molar-refractivity contribution < 1.29 is 21.6 Å². The van der Waals surface area contributed by atoms with Gasteiger partial charge in [0.15, 0.2) is 16.7 Å². The molecule has 0 bridgehead atoms. The molecule has 2 N–H and O–H groups in total. The van der Waals surface area contributed by atoms with E-state index in [-0.39, 0.29) is 5.03 Å². The van der Waals surface area contributed by atoms with Crippen LogP contribution in [-0.2, 0) is 16.4 Å². The van der Waals surface area contributed by atoms with Crippen LogP contribution >= 0.6 is 0 Å². The monoisotopic (exact) mass is 305 g/mol. The number of H-pyrrole nitrogens is 1. The minimum atomic E-state index is -4.20. The normalized spacial score (nSPS) is 11.6. The highest BCUT2D eigenvalue weighted by molar-refractivity contribution is 7.92. The number of nitrogens with zero attached hydrogens (tertiary/aromatic N) is 1. The maximum absolute atomic E-state index is 13.4. The summed E-state index contributed by atoms with van der Waals surface area (Å²) in [6, 6.07) is 0.867. The Balaban J connectivity index is 2.38. The van der Waals surface area contributed by atoms with Crippen LogP contribution in [0.3, 0.4) is 0 Å². The quantitative estimate of drug-likeness (QED) is 0.850. The van der Waals surface area contributed by atoms with Crippen LogP contribution in [0.5, 0.6) is 0 Å². The third-order valence-corrected chi connectivity index (χ3v) is 3.74. The largest absolute Gasteiger partial charge is 0.332 e. The minimum Gasteiger partial charge on any atom is -0.332 e. The lowest BCUT2D eigenvalue weighted by molar-refractivity contribution is 0.498. The van der Waals surface area contributed by atoms with Gasteiger partial charge in [-0.15, -0.1) is 0 Å². The summed E-state index contributed by atoms with van der Waals surface area (Å²) in [6.07, 6.45) is 1.51. The molecule has 9 heteroatoms. The molecule has 0 amide bonds. The van der Waals surface area contributed by atoms with Crippen molar-refractivity contribution in [2.45, 2.75) is 18.4 Å². The summed E-state index contributed by atoms with van der Waals surface area (Å²) in [7, 11) is -4.20. The topological polar surface area (TPSA) is 74.8 Å². The number of rotatable bonds is 4. The molecule has 1 aromatic heterocycles. The number of anilines is 1. The van der Waals surface area contributed by atoms with Gasteiger partial charge in [-0.2, -0.15) is 8.42 Å². The van der Waals surface area contributed by atoms with E-state index >= 15 is 0 Å². The summed E-state index contributed by atoms with van der Waals surface area (Å²) in [5.41, 5.74) is -0.810. The fourth-order valence-electron chi connectivity index (χ4n) is 1.49. The number of benzene rings is 1. The Morgan fingerprint density at radius 3 is 2.60 bits per heavy atom. The third kappa shape index (κ3) is 2.77. The van der Waals surface area contributed by atoms with Crippen LogP contribution in [0.4, 0.5) is 18.9 Å². The van der Waals surface area contributed by atoms with Crippen LogP contribution < -0.4 is 4.72 Å². The molecule has 0 saturated carbocycles. The van der Waals surface area contributed by atoms with Crippen molar-refractivity contribution in [3.8, 4) is 0 Å². The molecule has 0 unspecified atom stereocenters. The molecule has 0 aliphatic heterocycles. The van der Waals surface area contributed by atoms with Crippen molar-refractivity contribution in [3.63, 3.8) is 0 Å². The Hall–Kier alpha value is -2.03. The molecule has 0 spiro atoms. The molecule has 2 rings (SSSR count). The molecular weight excluding hydrogens is 295 g/mol. The van der Waals surface area contributed by atoms with Gasteiger partial charge in [-0.05, 0) is 0 Å². The molecule has 0 atom stereocenters. The highest BCUT2D eigenvalue weighted by Crippen LogP contribution is 2.22. The predicted molar refractivity (Wildman–Crippen MR) is 65.1 cm³/mol. The highest BCUT2D eigenvalue weighted by Gasteiger charge is 2.21. The van der Waals surface area contributed by atoms with Crippen molar-refractivity contribution in [2.75, 3.05) is 4.72 Å². The molecule has 1 heterocycles. The lowest BCUT2D eigenvalue weighted by Gasteiger charge is -2.08. The van der Waals surface area contributed by atoms with Crippen molar-refractivity contribution in [1.29, 1.82) is 0 Å². The zero-order valence-electron chi connectivity index (χ0n) is 10.2. The van der Waals surface area contributed by atoms with Gasteiger partial charge in [0.05, 0.1) is 11.9 Å². The van der Waals surface area contributed by atoms with E-state index < -0.39 is 33.2 Å². The number of aromatic amines is 1. The molecule has 0 radical (unpaired) electrons.